The van der Waals surface area contributed by atoms with Crippen molar-refractivity contribution in [2.45, 2.75) is 76.4 Å². The predicted octanol–water partition coefficient (Wildman–Crippen LogP) is -0.310. The number of ether oxygens (including phenoxy) is 5. The Labute approximate surface area is 196 Å². The van der Waals surface area contributed by atoms with E-state index in [0.717, 1.165) is 32.5 Å². The largest absolute Gasteiger partial charge is 0.462 e. The van der Waals surface area contributed by atoms with Gasteiger partial charge in [-0.05, 0) is 6.26 Å². The third-order valence-corrected chi connectivity index (χ3v) is 5.81. The Morgan fingerprint density at radius 2 is 1.64 bits per heavy atom. The summed E-state index contributed by atoms with van der Waals surface area (Å²) in [6.45, 7) is 4.78. The molecule has 13 heteroatoms. The Kier molecular flexibility index (Phi) is 11.1. The summed E-state index contributed by atoms with van der Waals surface area (Å²) in [4.78, 5) is 57.5. The van der Waals surface area contributed by atoms with Crippen molar-refractivity contribution in [3.8, 4) is 0 Å². The minimum Gasteiger partial charge on any atom is -0.462 e. The van der Waals surface area contributed by atoms with Gasteiger partial charge in [0.05, 0.1) is 12.6 Å². The molecule has 1 saturated heterocycles. The van der Waals surface area contributed by atoms with Crippen LogP contribution in [-0.4, -0.2) is 89.8 Å². The van der Waals surface area contributed by atoms with Gasteiger partial charge in [0, 0.05) is 41.0 Å². The number of aliphatic hydroxyl groups excluding tert-OH is 1. The van der Waals surface area contributed by atoms with Gasteiger partial charge in [0.15, 0.2) is 12.2 Å². The predicted molar refractivity (Wildman–Crippen MR) is 114 cm³/mol. The van der Waals surface area contributed by atoms with Crippen LogP contribution in [0.25, 0.3) is 0 Å². The molecule has 188 valence electrons. The molecule has 0 aromatic heterocycles. The Balaban J connectivity index is 3.58. The van der Waals surface area contributed by atoms with Gasteiger partial charge in [0.25, 0.3) is 0 Å². The van der Waals surface area contributed by atoms with Gasteiger partial charge in [-0.2, -0.15) is 0 Å². The Hall–Kier alpha value is -2.38. The molecule has 33 heavy (non-hydrogen) atoms. The summed E-state index contributed by atoms with van der Waals surface area (Å²) in [7, 11) is 0. The highest BCUT2D eigenvalue weighted by atomic mass is 32.2. The van der Waals surface area contributed by atoms with E-state index in [1.54, 1.807) is 6.26 Å². The van der Waals surface area contributed by atoms with Crippen LogP contribution in [0.1, 0.15) is 41.0 Å². The molecule has 1 amide bonds. The summed E-state index contributed by atoms with van der Waals surface area (Å²) in [6.07, 6.45) is -3.34. The number of hydrogen-bond acceptors (Lipinski definition) is 12. The standard InChI is InChI=1S/C20H31NO11S/c1-10(23)21-17-15(29-12(3)25)7-20(9-22,33-6)32-19(17)18(31-14(5)27)16(30-13(4)26)8-28-11(2)24/h15-19,22H,7-9H2,1-6H3,(H,21,23)/t15-,16+,17+,18+,19+,20-/m0/s1. The van der Waals surface area contributed by atoms with Crippen molar-refractivity contribution in [1.82, 2.24) is 5.32 Å². The number of thioether (sulfide) groups is 1. The van der Waals surface area contributed by atoms with E-state index in [4.69, 9.17) is 23.7 Å². The number of aliphatic hydroxyl groups is 1. The van der Waals surface area contributed by atoms with E-state index < -0.39 is 78.4 Å². The molecule has 0 saturated carbocycles. The number of carbonyl (C=O) groups is 5. The van der Waals surface area contributed by atoms with E-state index in [1.807, 2.05) is 0 Å². The molecule has 0 bridgehead atoms. The quantitative estimate of drug-likeness (QED) is 0.302. The average molecular weight is 494 g/mol. The van der Waals surface area contributed by atoms with Crippen LogP contribution >= 0.6 is 11.8 Å². The smallest absolute Gasteiger partial charge is 0.303 e. The van der Waals surface area contributed by atoms with Gasteiger partial charge in [0.2, 0.25) is 5.91 Å². The molecule has 0 aromatic rings. The summed E-state index contributed by atoms with van der Waals surface area (Å²) in [5.74, 6) is -3.37. The first kappa shape index (κ1) is 28.7. The lowest BCUT2D eigenvalue weighted by molar-refractivity contribution is -0.223. The van der Waals surface area contributed by atoms with Crippen molar-refractivity contribution in [1.29, 1.82) is 0 Å². The molecule has 1 rings (SSSR count). The van der Waals surface area contributed by atoms with Crippen molar-refractivity contribution in [3.05, 3.63) is 0 Å². The van der Waals surface area contributed by atoms with E-state index in [0.29, 0.717) is 0 Å². The molecule has 0 radical (unpaired) electrons. The van der Waals surface area contributed by atoms with Crippen LogP contribution in [0.2, 0.25) is 0 Å². The van der Waals surface area contributed by atoms with E-state index in [1.165, 1.54) is 13.8 Å². The number of hydrogen-bond donors (Lipinski definition) is 2. The zero-order valence-electron chi connectivity index (χ0n) is 19.4. The summed E-state index contributed by atoms with van der Waals surface area (Å²) in [5.41, 5.74) is 0. The minimum atomic E-state index is -1.40. The minimum absolute atomic E-state index is 0.000658. The van der Waals surface area contributed by atoms with Gasteiger partial charge in [0.1, 0.15) is 23.7 Å². The van der Waals surface area contributed by atoms with Crippen molar-refractivity contribution < 1.29 is 52.8 Å². The number of carbonyl (C=O) groups excluding carboxylic acids is 5. The molecule has 6 atom stereocenters. The molecule has 1 aliphatic heterocycles. The molecular formula is C20H31NO11S. The van der Waals surface area contributed by atoms with Crippen LogP contribution in [0.5, 0.6) is 0 Å². The summed E-state index contributed by atoms with van der Waals surface area (Å²) >= 11 is 1.12. The van der Waals surface area contributed by atoms with Gasteiger partial charge in [-0.3, -0.25) is 24.0 Å². The second kappa shape index (κ2) is 12.8. The Morgan fingerprint density at radius 1 is 1.03 bits per heavy atom. The van der Waals surface area contributed by atoms with E-state index in [9.17, 15) is 29.1 Å². The molecule has 0 aromatic carbocycles. The van der Waals surface area contributed by atoms with E-state index in [2.05, 4.69) is 5.32 Å². The maximum absolute atomic E-state index is 12.0. The van der Waals surface area contributed by atoms with Gasteiger partial charge in [-0.15, -0.1) is 11.8 Å². The SMILES string of the molecule is CS[C@]1(CO)C[C@H](OC(C)=O)[C@@H](NC(C)=O)[C@H]([C@H](OC(C)=O)[C@@H](COC(C)=O)OC(C)=O)O1. The third kappa shape index (κ3) is 8.82. The average Bonchev–Trinajstić information content (AvgIpc) is 2.69. The molecule has 0 unspecified atom stereocenters. The monoisotopic (exact) mass is 493 g/mol. The Morgan fingerprint density at radius 3 is 2.06 bits per heavy atom. The lowest BCUT2D eigenvalue weighted by atomic mass is 9.89. The number of amides is 1. The molecule has 1 fully saturated rings. The van der Waals surface area contributed by atoms with Gasteiger partial charge in [-0.25, -0.2) is 0 Å². The highest BCUT2D eigenvalue weighted by Gasteiger charge is 2.54. The second-order valence-corrected chi connectivity index (χ2v) is 8.61. The van der Waals surface area contributed by atoms with E-state index in [-0.39, 0.29) is 6.42 Å². The van der Waals surface area contributed by atoms with Gasteiger partial charge >= 0.3 is 23.9 Å². The summed E-state index contributed by atoms with van der Waals surface area (Å²) in [6, 6.07) is -1.06. The van der Waals surface area contributed by atoms with Crippen LogP contribution in [0.4, 0.5) is 0 Å². The van der Waals surface area contributed by atoms with Crippen LogP contribution in [0, 0.1) is 0 Å². The first-order valence-corrected chi connectivity index (χ1v) is 11.3. The fourth-order valence-electron chi connectivity index (χ4n) is 3.48. The topological polar surface area (TPSA) is 164 Å². The van der Waals surface area contributed by atoms with Gasteiger partial charge in [-0.1, -0.05) is 0 Å². The molecule has 0 spiro atoms. The second-order valence-electron chi connectivity index (χ2n) is 7.46. The maximum Gasteiger partial charge on any atom is 0.303 e. The number of nitrogens with one attached hydrogen (secondary N) is 1. The fourth-order valence-corrected chi connectivity index (χ4v) is 4.14. The van der Waals surface area contributed by atoms with Crippen LogP contribution < -0.4 is 5.32 Å². The lowest BCUT2D eigenvalue weighted by Crippen LogP contribution is -2.67. The maximum atomic E-state index is 12.0. The first-order valence-electron chi connectivity index (χ1n) is 10.1. The third-order valence-electron chi connectivity index (χ3n) is 4.68. The lowest BCUT2D eigenvalue weighted by Gasteiger charge is -2.49. The van der Waals surface area contributed by atoms with Crippen LogP contribution in [0.15, 0.2) is 0 Å². The molecule has 1 heterocycles. The molecule has 1 aliphatic rings. The zero-order valence-corrected chi connectivity index (χ0v) is 20.3. The van der Waals surface area contributed by atoms with Crippen molar-refractivity contribution in [2.24, 2.45) is 0 Å². The normalized spacial score (nSPS) is 26.3. The summed E-state index contributed by atoms with van der Waals surface area (Å²) in [5, 5.41) is 12.7. The van der Waals surface area contributed by atoms with E-state index >= 15 is 0 Å². The number of rotatable bonds is 10. The molecule has 0 aliphatic carbocycles. The molecule has 12 nitrogen and oxygen atoms in total. The van der Waals surface area contributed by atoms with Crippen molar-refractivity contribution in [3.63, 3.8) is 0 Å². The molecule has 2 N–H and O–H groups in total. The van der Waals surface area contributed by atoms with Crippen molar-refractivity contribution in [2.75, 3.05) is 19.5 Å². The van der Waals surface area contributed by atoms with Crippen LogP contribution in [0.3, 0.4) is 0 Å². The van der Waals surface area contributed by atoms with Crippen LogP contribution in [-0.2, 0) is 47.7 Å². The van der Waals surface area contributed by atoms with Crippen molar-refractivity contribution >= 4 is 41.5 Å². The highest BCUT2D eigenvalue weighted by Crippen LogP contribution is 2.40. The number of esters is 4. The first-order chi connectivity index (χ1) is 15.3. The molecular weight excluding hydrogens is 462 g/mol. The summed E-state index contributed by atoms with van der Waals surface area (Å²) < 4.78 is 27.2. The van der Waals surface area contributed by atoms with Gasteiger partial charge < -0.3 is 34.1 Å². The Bertz CT molecular complexity index is 740. The highest BCUT2D eigenvalue weighted by molar-refractivity contribution is 7.99. The zero-order chi connectivity index (χ0) is 25.3. The fraction of sp³-hybridized carbons (Fsp3) is 0.750.